The summed E-state index contributed by atoms with van der Waals surface area (Å²) in [6, 6.07) is 75.4. The van der Waals surface area contributed by atoms with Crippen molar-refractivity contribution in [2.24, 2.45) is 0 Å². The molecule has 2 aliphatic rings. The highest BCUT2D eigenvalue weighted by atomic mass is 15.0. The predicted molar refractivity (Wildman–Crippen MR) is 246 cm³/mol. The molecule has 9 aromatic carbocycles. The molecule has 1 aromatic heterocycles. The van der Waals surface area contributed by atoms with Crippen LogP contribution >= 0.6 is 0 Å². The maximum Gasteiger partial charge on any atom is 0.164 e. The van der Waals surface area contributed by atoms with Gasteiger partial charge in [-0.05, 0) is 108 Å². The summed E-state index contributed by atoms with van der Waals surface area (Å²) in [4.78, 5) is 15.6. The first-order valence-corrected chi connectivity index (χ1v) is 20.6. The first-order valence-electron chi connectivity index (χ1n) is 20.6. The second-order valence-electron chi connectivity index (χ2n) is 15.8. The lowest BCUT2D eigenvalue weighted by atomic mass is 9.65. The molecule has 0 aliphatic heterocycles. The fraction of sp³-hybridized carbons (Fsp3) is 0.0175. The molecule has 0 saturated heterocycles. The summed E-state index contributed by atoms with van der Waals surface area (Å²) in [6.45, 7) is 0. The quantitative estimate of drug-likeness (QED) is 0.179. The van der Waals surface area contributed by atoms with Gasteiger partial charge in [-0.2, -0.15) is 5.26 Å². The molecule has 0 radical (unpaired) electrons. The number of fused-ring (bicyclic) bond motifs is 13. The Hall–Kier alpha value is -8.26. The Bertz CT molecular complexity index is 3380. The van der Waals surface area contributed by atoms with Gasteiger partial charge in [0.1, 0.15) is 0 Å². The van der Waals surface area contributed by atoms with Crippen molar-refractivity contribution in [3.8, 4) is 84.7 Å². The monoisotopic (exact) mass is 774 g/mol. The Kier molecular flexibility index (Phi) is 7.78. The number of nitrogens with zero attached hydrogens (tertiary/aromatic N) is 4. The van der Waals surface area contributed by atoms with Crippen molar-refractivity contribution in [2.45, 2.75) is 5.41 Å². The number of benzene rings is 9. The number of hydrogen-bond acceptors (Lipinski definition) is 4. The van der Waals surface area contributed by atoms with E-state index in [4.69, 9.17) is 15.0 Å². The van der Waals surface area contributed by atoms with E-state index < -0.39 is 5.41 Å². The molecule has 0 atom stereocenters. The normalized spacial score (nSPS) is 12.7. The third kappa shape index (κ3) is 5.28. The van der Waals surface area contributed by atoms with Crippen molar-refractivity contribution in [1.29, 1.82) is 5.26 Å². The largest absolute Gasteiger partial charge is 0.208 e. The molecule has 12 rings (SSSR count). The zero-order valence-corrected chi connectivity index (χ0v) is 32.9. The Morgan fingerprint density at radius 1 is 0.328 bits per heavy atom. The molecule has 0 amide bonds. The van der Waals surface area contributed by atoms with Crippen molar-refractivity contribution in [2.75, 3.05) is 0 Å². The van der Waals surface area contributed by atoms with Crippen LogP contribution in [0.25, 0.3) is 89.4 Å². The summed E-state index contributed by atoms with van der Waals surface area (Å²) in [5, 5.41) is 12.0. The maximum absolute atomic E-state index is 9.61. The van der Waals surface area contributed by atoms with Crippen molar-refractivity contribution in [1.82, 2.24) is 15.0 Å². The van der Waals surface area contributed by atoms with Gasteiger partial charge in [-0.25, -0.2) is 15.0 Å². The number of nitriles is 1. The van der Waals surface area contributed by atoms with Crippen LogP contribution in [0.15, 0.2) is 206 Å². The third-order valence-corrected chi connectivity index (χ3v) is 12.6. The van der Waals surface area contributed by atoms with Crippen LogP contribution in [0, 0.1) is 11.3 Å². The van der Waals surface area contributed by atoms with Gasteiger partial charge in [-0.3, -0.25) is 0 Å². The van der Waals surface area contributed by atoms with Crippen LogP contribution in [0.5, 0.6) is 0 Å². The minimum atomic E-state index is -0.628. The van der Waals surface area contributed by atoms with Crippen LogP contribution < -0.4 is 0 Å². The molecule has 0 bridgehead atoms. The van der Waals surface area contributed by atoms with Gasteiger partial charge >= 0.3 is 0 Å². The molecule has 1 heterocycles. The van der Waals surface area contributed by atoms with Crippen LogP contribution in [0.4, 0.5) is 0 Å². The average molecular weight is 775 g/mol. The average Bonchev–Trinajstić information content (AvgIpc) is 3.58. The maximum atomic E-state index is 9.61. The molecule has 1 spiro atoms. The molecule has 0 fully saturated rings. The van der Waals surface area contributed by atoms with E-state index in [0.717, 1.165) is 22.3 Å². The summed E-state index contributed by atoms with van der Waals surface area (Å²) in [6.07, 6.45) is 0. The SMILES string of the molecule is N#Cc1ccc(-c2nc(-c3ccc(-c4cccc5ccccc45)cc3)nc(-c3ccc4c(c3)C3(c5ccccc5-c5ccccc5-4)c4ccccc4-c4ccccc43)n2)cc1. The van der Waals surface area contributed by atoms with Gasteiger partial charge in [0.25, 0.3) is 0 Å². The summed E-state index contributed by atoms with van der Waals surface area (Å²) in [5.74, 6) is 1.69. The minimum absolute atomic E-state index is 0.541. The van der Waals surface area contributed by atoms with Crippen molar-refractivity contribution in [3.63, 3.8) is 0 Å². The lowest BCUT2D eigenvalue weighted by Gasteiger charge is -2.35. The molecule has 0 N–H and O–H groups in total. The summed E-state index contributed by atoms with van der Waals surface area (Å²) >= 11 is 0. The van der Waals surface area contributed by atoms with Crippen molar-refractivity contribution in [3.05, 3.63) is 234 Å². The molecule has 10 aromatic rings. The van der Waals surface area contributed by atoms with Crippen molar-refractivity contribution < 1.29 is 0 Å². The van der Waals surface area contributed by atoms with Crippen LogP contribution in [-0.2, 0) is 5.41 Å². The summed E-state index contributed by atoms with van der Waals surface area (Å²) in [5.41, 5.74) is 17.1. The highest BCUT2D eigenvalue weighted by Gasteiger charge is 2.49. The van der Waals surface area contributed by atoms with Crippen LogP contribution in [-0.4, -0.2) is 15.0 Å². The predicted octanol–water partition coefficient (Wildman–Crippen LogP) is 13.6. The van der Waals surface area contributed by atoms with E-state index in [2.05, 4.69) is 188 Å². The van der Waals surface area contributed by atoms with E-state index in [1.165, 1.54) is 72.0 Å². The first-order chi connectivity index (χ1) is 30.2. The van der Waals surface area contributed by atoms with Gasteiger partial charge in [0, 0.05) is 16.7 Å². The van der Waals surface area contributed by atoms with Crippen molar-refractivity contribution >= 4 is 10.8 Å². The molecular weight excluding hydrogens is 741 g/mol. The lowest BCUT2D eigenvalue weighted by molar-refractivity contribution is 0.775. The number of hydrogen-bond donors (Lipinski definition) is 0. The van der Waals surface area contributed by atoms with Gasteiger partial charge in [0.05, 0.1) is 17.0 Å². The van der Waals surface area contributed by atoms with Gasteiger partial charge in [-0.15, -0.1) is 0 Å². The van der Waals surface area contributed by atoms with E-state index in [1.807, 2.05) is 24.3 Å². The van der Waals surface area contributed by atoms with E-state index in [0.29, 0.717) is 23.0 Å². The Balaban J connectivity index is 1.10. The van der Waals surface area contributed by atoms with Gasteiger partial charge in [-0.1, -0.05) is 176 Å². The second-order valence-corrected chi connectivity index (χ2v) is 15.8. The highest BCUT2D eigenvalue weighted by Crippen LogP contribution is 2.61. The Labute approximate surface area is 353 Å². The van der Waals surface area contributed by atoms with Gasteiger partial charge in [0.15, 0.2) is 17.5 Å². The molecular formula is C57H34N4. The number of aromatic nitrogens is 3. The second kappa shape index (κ2) is 13.7. The summed E-state index contributed by atoms with van der Waals surface area (Å²) in [7, 11) is 0. The third-order valence-electron chi connectivity index (χ3n) is 12.6. The Morgan fingerprint density at radius 2 is 0.738 bits per heavy atom. The topological polar surface area (TPSA) is 62.5 Å². The fourth-order valence-corrected chi connectivity index (χ4v) is 9.92. The van der Waals surface area contributed by atoms with E-state index in [1.54, 1.807) is 0 Å². The zero-order chi connectivity index (χ0) is 40.5. The molecule has 282 valence electrons. The smallest absolute Gasteiger partial charge is 0.164 e. The van der Waals surface area contributed by atoms with Crippen LogP contribution in [0.1, 0.15) is 27.8 Å². The minimum Gasteiger partial charge on any atom is -0.208 e. The van der Waals surface area contributed by atoms with Crippen LogP contribution in [0.3, 0.4) is 0 Å². The molecule has 4 heteroatoms. The van der Waals surface area contributed by atoms with Gasteiger partial charge in [0.2, 0.25) is 0 Å². The summed E-state index contributed by atoms with van der Waals surface area (Å²) < 4.78 is 0. The molecule has 0 unspecified atom stereocenters. The standard InChI is InChI=1S/C57H34N4/c58-35-36-24-26-39(27-25-36)54-59-55(40-30-28-38(29-31-40)43-20-11-13-37-12-1-2-14-42(37)43)61-56(60-54)41-32-33-49-45-16-4-3-15-44(45)46-17-5-8-21-50(46)57(53(49)34-41)51-22-9-6-18-47(51)48-19-7-10-23-52(48)57/h1-34H. The first kappa shape index (κ1) is 34.8. The highest BCUT2D eigenvalue weighted by molar-refractivity contribution is 5.99. The zero-order valence-electron chi connectivity index (χ0n) is 32.9. The van der Waals surface area contributed by atoms with Crippen LogP contribution in [0.2, 0.25) is 0 Å². The fourth-order valence-electron chi connectivity index (χ4n) is 9.92. The molecule has 0 saturated carbocycles. The molecule has 2 aliphatic carbocycles. The van der Waals surface area contributed by atoms with E-state index >= 15 is 0 Å². The number of rotatable bonds is 4. The van der Waals surface area contributed by atoms with E-state index in [-0.39, 0.29) is 0 Å². The molecule has 61 heavy (non-hydrogen) atoms. The lowest BCUT2D eigenvalue weighted by Crippen LogP contribution is -2.29. The molecule has 4 nitrogen and oxygen atoms in total. The Morgan fingerprint density at radius 3 is 1.33 bits per heavy atom. The van der Waals surface area contributed by atoms with Gasteiger partial charge < -0.3 is 0 Å². The van der Waals surface area contributed by atoms with E-state index in [9.17, 15) is 5.26 Å².